The van der Waals surface area contributed by atoms with Gasteiger partial charge in [0.05, 0.1) is 0 Å². The number of benzene rings is 2. The Hall–Kier alpha value is -1.60. The van der Waals surface area contributed by atoms with Crippen LogP contribution in [0.3, 0.4) is 0 Å². The molecule has 2 heteroatoms. The summed E-state index contributed by atoms with van der Waals surface area (Å²) in [7, 11) is 0. The summed E-state index contributed by atoms with van der Waals surface area (Å²) in [5.41, 5.74) is 4.94. The third-order valence-corrected chi connectivity index (χ3v) is 3.06. The van der Waals surface area contributed by atoms with E-state index in [1.165, 1.54) is 5.56 Å². The molecule has 0 radical (unpaired) electrons. The fourth-order valence-electron chi connectivity index (χ4n) is 1.89. The van der Waals surface area contributed by atoms with Crippen LogP contribution in [-0.2, 0) is 0 Å². The average molecular weight is 245 g/mol. The minimum absolute atomic E-state index is 0.645. The quantitative estimate of drug-likeness (QED) is 0.714. The Kier molecular flexibility index (Phi) is 3.30. The van der Waals surface area contributed by atoms with Crippen molar-refractivity contribution in [3.63, 3.8) is 0 Å². The molecule has 0 heterocycles. The number of hydrogen-bond donors (Lipinski definition) is 0. The standard InChI is InChI=1S/C15H13ClO/c1-10-3-4-11(2)14(7-10)15-8-13(16)6-5-12(15)9-17/h3-9H,1-2H3. The van der Waals surface area contributed by atoms with Crippen LogP contribution in [0.25, 0.3) is 11.1 Å². The van der Waals surface area contributed by atoms with Crippen LogP contribution in [0, 0.1) is 13.8 Å². The second-order valence-electron chi connectivity index (χ2n) is 4.17. The molecule has 1 nitrogen and oxygen atoms in total. The molecular weight excluding hydrogens is 232 g/mol. The zero-order chi connectivity index (χ0) is 12.4. The summed E-state index contributed by atoms with van der Waals surface area (Å²) in [6.45, 7) is 4.07. The Morgan fingerprint density at radius 3 is 2.47 bits per heavy atom. The largest absolute Gasteiger partial charge is 0.298 e. The molecule has 0 aliphatic carbocycles. The minimum atomic E-state index is 0.645. The van der Waals surface area contributed by atoms with Crippen molar-refractivity contribution in [1.82, 2.24) is 0 Å². The highest BCUT2D eigenvalue weighted by molar-refractivity contribution is 6.31. The van der Waals surface area contributed by atoms with Gasteiger partial charge in [-0.05, 0) is 48.7 Å². The van der Waals surface area contributed by atoms with Gasteiger partial charge in [-0.1, -0.05) is 35.4 Å². The first-order chi connectivity index (χ1) is 8.11. The van der Waals surface area contributed by atoms with E-state index in [-0.39, 0.29) is 0 Å². The van der Waals surface area contributed by atoms with E-state index in [1.807, 2.05) is 19.9 Å². The third kappa shape index (κ3) is 2.40. The average Bonchev–Trinajstić information content (AvgIpc) is 2.32. The van der Waals surface area contributed by atoms with Gasteiger partial charge in [0.2, 0.25) is 0 Å². The Bertz CT molecular complexity index is 573. The Morgan fingerprint density at radius 1 is 1.00 bits per heavy atom. The lowest BCUT2D eigenvalue weighted by Gasteiger charge is -2.10. The van der Waals surface area contributed by atoms with Gasteiger partial charge >= 0.3 is 0 Å². The van der Waals surface area contributed by atoms with Crippen LogP contribution < -0.4 is 0 Å². The number of halogens is 1. The highest BCUT2D eigenvalue weighted by Crippen LogP contribution is 2.29. The molecule has 0 N–H and O–H groups in total. The van der Waals surface area contributed by atoms with Crippen LogP contribution in [-0.4, -0.2) is 6.29 Å². The van der Waals surface area contributed by atoms with Gasteiger partial charge in [-0.2, -0.15) is 0 Å². The lowest BCUT2D eigenvalue weighted by atomic mass is 9.95. The fourth-order valence-corrected chi connectivity index (χ4v) is 2.06. The topological polar surface area (TPSA) is 17.1 Å². The van der Waals surface area contributed by atoms with Gasteiger partial charge in [0.25, 0.3) is 0 Å². The van der Waals surface area contributed by atoms with Crippen molar-refractivity contribution in [2.45, 2.75) is 13.8 Å². The monoisotopic (exact) mass is 244 g/mol. The normalized spacial score (nSPS) is 10.3. The maximum absolute atomic E-state index is 11.1. The molecule has 0 bridgehead atoms. The molecule has 0 unspecified atom stereocenters. The predicted molar refractivity (Wildman–Crippen MR) is 71.7 cm³/mol. The molecule has 2 aromatic carbocycles. The molecule has 2 rings (SSSR count). The fraction of sp³-hybridized carbons (Fsp3) is 0.133. The van der Waals surface area contributed by atoms with Crippen molar-refractivity contribution >= 4 is 17.9 Å². The number of aldehydes is 1. The third-order valence-electron chi connectivity index (χ3n) is 2.83. The van der Waals surface area contributed by atoms with Crippen LogP contribution in [0.2, 0.25) is 5.02 Å². The molecule has 0 saturated heterocycles. The van der Waals surface area contributed by atoms with Gasteiger partial charge in [-0.3, -0.25) is 4.79 Å². The molecule has 0 amide bonds. The highest BCUT2D eigenvalue weighted by Gasteiger charge is 2.08. The van der Waals surface area contributed by atoms with Crippen molar-refractivity contribution in [2.75, 3.05) is 0 Å². The first kappa shape index (κ1) is 11.9. The maximum Gasteiger partial charge on any atom is 0.150 e. The summed E-state index contributed by atoms with van der Waals surface area (Å²) in [5.74, 6) is 0. The predicted octanol–water partition coefficient (Wildman–Crippen LogP) is 4.44. The van der Waals surface area contributed by atoms with E-state index < -0.39 is 0 Å². The first-order valence-electron chi connectivity index (χ1n) is 5.44. The lowest BCUT2D eigenvalue weighted by Crippen LogP contribution is -1.91. The summed E-state index contributed by atoms with van der Waals surface area (Å²) in [6, 6.07) is 11.5. The first-order valence-corrected chi connectivity index (χ1v) is 5.82. The van der Waals surface area contributed by atoms with E-state index in [2.05, 4.69) is 18.2 Å². The van der Waals surface area contributed by atoms with E-state index in [9.17, 15) is 4.79 Å². The van der Waals surface area contributed by atoms with E-state index >= 15 is 0 Å². The van der Waals surface area contributed by atoms with Gasteiger partial charge in [0.1, 0.15) is 0 Å². The second kappa shape index (κ2) is 4.72. The van der Waals surface area contributed by atoms with Crippen LogP contribution >= 0.6 is 11.6 Å². The molecule has 86 valence electrons. The molecule has 0 saturated carbocycles. The number of carbonyl (C=O) groups is 1. The Labute approximate surface area is 106 Å². The molecule has 0 aliphatic heterocycles. The number of aryl methyl sites for hydroxylation is 2. The van der Waals surface area contributed by atoms with E-state index in [1.54, 1.807) is 12.1 Å². The second-order valence-corrected chi connectivity index (χ2v) is 4.60. The molecule has 0 aromatic heterocycles. The summed E-state index contributed by atoms with van der Waals surface area (Å²) in [4.78, 5) is 11.1. The maximum atomic E-state index is 11.1. The molecular formula is C15H13ClO. The van der Waals surface area contributed by atoms with Gasteiger partial charge in [-0.15, -0.1) is 0 Å². The Morgan fingerprint density at radius 2 is 1.76 bits per heavy atom. The van der Waals surface area contributed by atoms with E-state index in [4.69, 9.17) is 11.6 Å². The highest BCUT2D eigenvalue weighted by atomic mass is 35.5. The van der Waals surface area contributed by atoms with Crippen LogP contribution in [0.15, 0.2) is 36.4 Å². The molecule has 0 fully saturated rings. The van der Waals surface area contributed by atoms with Gasteiger partial charge in [-0.25, -0.2) is 0 Å². The summed E-state index contributed by atoms with van der Waals surface area (Å²) >= 11 is 6.00. The number of carbonyl (C=O) groups excluding carboxylic acids is 1. The van der Waals surface area contributed by atoms with Crippen molar-refractivity contribution in [3.05, 3.63) is 58.1 Å². The van der Waals surface area contributed by atoms with E-state index in [0.29, 0.717) is 10.6 Å². The number of hydrogen-bond acceptors (Lipinski definition) is 1. The summed E-state index contributed by atoms with van der Waals surface area (Å²) in [5, 5.41) is 0.645. The van der Waals surface area contributed by atoms with Crippen LogP contribution in [0.4, 0.5) is 0 Å². The van der Waals surface area contributed by atoms with Crippen LogP contribution in [0.1, 0.15) is 21.5 Å². The van der Waals surface area contributed by atoms with Gasteiger partial charge < -0.3 is 0 Å². The zero-order valence-corrected chi connectivity index (χ0v) is 10.6. The molecule has 0 aliphatic rings. The minimum Gasteiger partial charge on any atom is -0.298 e. The molecule has 17 heavy (non-hydrogen) atoms. The number of rotatable bonds is 2. The van der Waals surface area contributed by atoms with Crippen LogP contribution in [0.5, 0.6) is 0 Å². The van der Waals surface area contributed by atoms with Crippen molar-refractivity contribution < 1.29 is 4.79 Å². The van der Waals surface area contributed by atoms with Gasteiger partial charge in [0.15, 0.2) is 6.29 Å². The molecule has 0 atom stereocenters. The lowest BCUT2D eigenvalue weighted by molar-refractivity contribution is 0.112. The van der Waals surface area contributed by atoms with Gasteiger partial charge in [0, 0.05) is 10.6 Å². The zero-order valence-electron chi connectivity index (χ0n) is 9.83. The van der Waals surface area contributed by atoms with Crippen molar-refractivity contribution in [1.29, 1.82) is 0 Å². The van der Waals surface area contributed by atoms with Crippen molar-refractivity contribution in [2.24, 2.45) is 0 Å². The summed E-state index contributed by atoms with van der Waals surface area (Å²) < 4.78 is 0. The Balaban J connectivity index is 2.70. The van der Waals surface area contributed by atoms with E-state index in [0.717, 1.165) is 23.0 Å². The van der Waals surface area contributed by atoms with Crippen molar-refractivity contribution in [3.8, 4) is 11.1 Å². The summed E-state index contributed by atoms with van der Waals surface area (Å²) in [6.07, 6.45) is 0.868. The molecule has 0 spiro atoms. The smallest absolute Gasteiger partial charge is 0.150 e. The SMILES string of the molecule is Cc1ccc(C)c(-c2cc(Cl)ccc2C=O)c1. The molecule has 2 aromatic rings.